The van der Waals surface area contributed by atoms with Crippen molar-refractivity contribution in [3.05, 3.63) is 41.7 Å². The number of aryl methyl sites for hydroxylation is 1. The van der Waals surface area contributed by atoms with Crippen LogP contribution < -0.4 is 10.1 Å². The van der Waals surface area contributed by atoms with Crippen LogP contribution in [0.5, 0.6) is 5.75 Å². The number of hydrogen-bond donors (Lipinski definition) is 1. The summed E-state index contributed by atoms with van der Waals surface area (Å²) in [5.41, 5.74) is 2.14. The number of carbonyl (C=O) groups is 2. The second-order valence-corrected chi connectivity index (χ2v) is 6.16. The van der Waals surface area contributed by atoms with Crippen LogP contribution in [0.15, 0.2) is 30.5 Å². The van der Waals surface area contributed by atoms with E-state index in [-0.39, 0.29) is 25.0 Å². The number of para-hydroxylation sites is 2. The number of ether oxygens (including phenoxy) is 2. The molecule has 1 aliphatic heterocycles. The zero-order valence-corrected chi connectivity index (χ0v) is 15.1. The molecule has 0 aliphatic carbocycles. The summed E-state index contributed by atoms with van der Waals surface area (Å²) in [5, 5.41) is 7.32. The summed E-state index contributed by atoms with van der Waals surface area (Å²) in [4.78, 5) is 26.8. The fraction of sp³-hybridized carbons (Fsp3) is 0.389. The highest BCUT2D eigenvalue weighted by Crippen LogP contribution is 2.30. The lowest BCUT2D eigenvalue weighted by atomic mass is 9.95. The fourth-order valence-corrected chi connectivity index (χ4v) is 3.13. The van der Waals surface area contributed by atoms with Crippen molar-refractivity contribution >= 4 is 17.5 Å². The van der Waals surface area contributed by atoms with Gasteiger partial charge in [-0.1, -0.05) is 12.1 Å². The normalized spacial score (nSPS) is 16.1. The third-order valence-corrected chi connectivity index (χ3v) is 4.33. The molecule has 0 bridgehead atoms. The Balaban J connectivity index is 1.86. The largest absolute Gasteiger partial charge is 0.495 e. The van der Waals surface area contributed by atoms with Gasteiger partial charge in [0.05, 0.1) is 18.5 Å². The molecule has 1 atom stereocenters. The molecule has 0 radical (unpaired) electrons. The molecule has 2 heterocycles. The number of nitrogens with one attached hydrogen (secondary N) is 1. The van der Waals surface area contributed by atoms with E-state index < -0.39 is 5.92 Å². The number of aromatic nitrogens is 2. The molecule has 0 saturated heterocycles. The van der Waals surface area contributed by atoms with Crippen molar-refractivity contribution < 1.29 is 19.1 Å². The molecule has 3 rings (SSSR count). The molecular formula is C18H22N4O4. The molecule has 0 fully saturated rings. The topological polar surface area (TPSA) is 85.7 Å². The highest BCUT2D eigenvalue weighted by molar-refractivity contribution is 5.97. The van der Waals surface area contributed by atoms with Crippen LogP contribution in [-0.2, 0) is 27.9 Å². The maximum absolute atomic E-state index is 12.9. The molecule has 1 N–H and O–H groups in total. The number of carbonyl (C=O) groups excluding carboxylic acids is 2. The van der Waals surface area contributed by atoms with E-state index in [0.29, 0.717) is 23.7 Å². The van der Waals surface area contributed by atoms with E-state index in [1.807, 2.05) is 18.3 Å². The molecule has 8 nitrogen and oxygen atoms in total. The SMILES string of the molecule is COCC(=O)N1Cc2cn(C)nc2C(C(=O)Nc2ccccc2OC)C1. The van der Waals surface area contributed by atoms with Crippen molar-refractivity contribution in [1.82, 2.24) is 14.7 Å². The van der Waals surface area contributed by atoms with Crippen molar-refractivity contribution in [2.45, 2.75) is 12.5 Å². The molecule has 1 aromatic heterocycles. The van der Waals surface area contributed by atoms with Crippen LogP contribution in [0.1, 0.15) is 17.2 Å². The highest BCUT2D eigenvalue weighted by atomic mass is 16.5. The van der Waals surface area contributed by atoms with Gasteiger partial charge in [-0.05, 0) is 12.1 Å². The van der Waals surface area contributed by atoms with E-state index in [1.54, 1.807) is 35.9 Å². The van der Waals surface area contributed by atoms with Crippen LogP contribution in [0.4, 0.5) is 5.69 Å². The van der Waals surface area contributed by atoms with Crippen LogP contribution in [0.25, 0.3) is 0 Å². The molecular weight excluding hydrogens is 336 g/mol. The first-order valence-corrected chi connectivity index (χ1v) is 8.26. The van der Waals surface area contributed by atoms with Crippen LogP contribution in [0.2, 0.25) is 0 Å². The van der Waals surface area contributed by atoms with Crippen LogP contribution in [-0.4, -0.2) is 53.9 Å². The minimum absolute atomic E-state index is 0.0174. The standard InChI is InChI=1S/C18H22N4O4/c1-21-8-12-9-22(16(23)11-25-2)10-13(17(12)20-21)18(24)19-14-6-4-5-7-15(14)26-3/h4-8,13H,9-11H2,1-3H3,(H,19,24). The first-order chi connectivity index (χ1) is 12.5. The summed E-state index contributed by atoms with van der Waals surface area (Å²) in [7, 11) is 4.83. The summed E-state index contributed by atoms with van der Waals surface area (Å²) < 4.78 is 11.9. The number of fused-ring (bicyclic) bond motifs is 1. The molecule has 0 spiro atoms. The van der Waals surface area contributed by atoms with Gasteiger partial charge in [-0.25, -0.2) is 0 Å². The first kappa shape index (κ1) is 17.9. The van der Waals surface area contributed by atoms with Gasteiger partial charge < -0.3 is 19.7 Å². The van der Waals surface area contributed by atoms with Gasteiger partial charge in [-0.2, -0.15) is 5.10 Å². The number of anilines is 1. The zero-order valence-electron chi connectivity index (χ0n) is 15.1. The molecule has 8 heteroatoms. The molecule has 0 saturated carbocycles. The number of hydrogen-bond acceptors (Lipinski definition) is 5. The van der Waals surface area contributed by atoms with Gasteiger partial charge in [0.1, 0.15) is 18.3 Å². The van der Waals surface area contributed by atoms with Crippen molar-refractivity contribution in [3.63, 3.8) is 0 Å². The third kappa shape index (κ3) is 3.55. The second kappa shape index (κ2) is 7.57. The summed E-state index contributed by atoms with van der Waals surface area (Å²) in [6.07, 6.45) is 1.84. The Labute approximate surface area is 151 Å². The van der Waals surface area contributed by atoms with Gasteiger partial charge in [0.25, 0.3) is 0 Å². The van der Waals surface area contributed by atoms with Gasteiger partial charge in [-0.3, -0.25) is 14.3 Å². The van der Waals surface area contributed by atoms with E-state index in [2.05, 4.69) is 10.4 Å². The van der Waals surface area contributed by atoms with Gasteiger partial charge in [0.15, 0.2) is 0 Å². The lowest BCUT2D eigenvalue weighted by Gasteiger charge is -2.31. The minimum Gasteiger partial charge on any atom is -0.495 e. The van der Waals surface area contributed by atoms with Gasteiger partial charge in [-0.15, -0.1) is 0 Å². The van der Waals surface area contributed by atoms with Crippen molar-refractivity contribution in [1.29, 1.82) is 0 Å². The fourth-order valence-electron chi connectivity index (χ4n) is 3.13. The number of nitrogens with zero attached hydrogens (tertiary/aromatic N) is 3. The number of amides is 2. The van der Waals surface area contributed by atoms with Gasteiger partial charge in [0.2, 0.25) is 11.8 Å². The molecule has 1 aromatic carbocycles. The number of rotatable bonds is 5. The van der Waals surface area contributed by atoms with E-state index in [1.165, 1.54) is 7.11 Å². The second-order valence-electron chi connectivity index (χ2n) is 6.16. The van der Waals surface area contributed by atoms with E-state index in [9.17, 15) is 9.59 Å². The predicted octanol–water partition coefficient (Wildman–Crippen LogP) is 1.14. The monoisotopic (exact) mass is 358 g/mol. The minimum atomic E-state index is -0.564. The Bertz CT molecular complexity index is 817. The maximum Gasteiger partial charge on any atom is 0.248 e. The Hall–Kier alpha value is -2.87. The maximum atomic E-state index is 12.9. The summed E-state index contributed by atoms with van der Waals surface area (Å²) >= 11 is 0. The van der Waals surface area contributed by atoms with Crippen molar-refractivity contribution in [3.8, 4) is 5.75 Å². The summed E-state index contributed by atoms with van der Waals surface area (Å²) in [6.45, 7) is 0.660. The van der Waals surface area contributed by atoms with E-state index in [0.717, 1.165) is 5.56 Å². The van der Waals surface area contributed by atoms with Gasteiger partial charge in [0, 0.05) is 39.0 Å². The van der Waals surface area contributed by atoms with Crippen LogP contribution in [0, 0.1) is 0 Å². The van der Waals surface area contributed by atoms with E-state index >= 15 is 0 Å². The molecule has 1 unspecified atom stereocenters. The molecule has 2 aromatic rings. The zero-order chi connectivity index (χ0) is 18.7. The molecule has 138 valence electrons. The van der Waals surface area contributed by atoms with Crippen molar-refractivity contribution in [2.24, 2.45) is 7.05 Å². The molecule has 26 heavy (non-hydrogen) atoms. The summed E-state index contributed by atoms with van der Waals surface area (Å²) in [6, 6.07) is 7.19. The van der Waals surface area contributed by atoms with E-state index in [4.69, 9.17) is 9.47 Å². The Morgan fingerprint density at radius 2 is 2.08 bits per heavy atom. The van der Waals surface area contributed by atoms with Gasteiger partial charge >= 0.3 is 0 Å². The third-order valence-electron chi connectivity index (χ3n) is 4.33. The first-order valence-electron chi connectivity index (χ1n) is 8.26. The van der Waals surface area contributed by atoms with Crippen LogP contribution in [0.3, 0.4) is 0 Å². The Morgan fingerprint density at radius 1 is 1.31 bits per heavy atom. The lowest BCUT2D eigenvalue weighted by Crippen LogP contribution is -2.43. The lowest BCUT2D eigenvalue weighted by molar-refractivity contribution is -0.137. The molecule has 2 amide bonds. The van der Waals surface area contributed by atoms with Crippen molar-refractivity contribution in [2.75, 3.05) is 32.7 Å². The average molecular weight is 358 g/mol. The Kier molecular flexibility index (Phi) is 5.22. The highest BCUT2D eigenvalue weighted by Gasteiger charge is 2.35. The smallest absolute Gasteiger partial charge is 0.248 e. The quantitative estimate of drug-likeness (QED) is 0.866. The predicted molar refractivity (Wildman–Crippen MR) is 94.9 cm³/mol. The summed E-state index contributed by atoms with van der Waals surface area (Å²) in [5.74, 6) is -0.377. The van der Waals surface area contributed by atoms with Crippen LogP contribution >= 0.6 is 0 Å². The average Bonchev–Trinajstić information content (AvgIpc) is 3.01. The number of methoxy groups -OCH3 is 2. The number of benzene rings is 1. The molecule has 1 aliphatic rings. The Morgan fingerprint density at radius 3 is 2.81 bits per heavy atom.